The summed E-state index contributed by atoms with van der Waals surface area (Å²) in [5.41, 5.74) is -0.527. The fraction of sp³-hybridized carbons (Fsp3) is 0.722. The highest BCUT2D eigenvalue weighted by molar-refractivity contribution is 5.38. The van der Waals surface area contributed by atoms with Crippen LogP contribution >= 0.6 is 0 Å². The number of piperazine rings is 1. The number of nitrogens with zero attached hydrogens (tertiary/aromatic N) is 4. The number of pyridine rings is 1. The van der Waals surface area contributed by atoms with Crippen LogP contribution in [-0.2, 0) is 4.74 Å². The summed E-state index contributed by atoms with van der Waals surface area (Å²) in [6.45, 7) is 8.69. The standard InChI is InChI=1S/C18H28N4O2/c23-18(4-11-24-12-5-18)15-20-13-16(14-20)21-7-9-22(10-8-21)17-3-1-2-6-19-17/h1-3,6,16,23H,4-5,7-15H2. The average Bonchev–Trinajstić information content (AvgIpc) is 2.59. The van der Waals surface area contributed by atoms with Crippen molar-refractivity contribution in [2.24, 2.45) is 0 Å². The smallest absolute Gasteiger partial charge is 0.128 e. The van der Waals surface area contributed by atoms with Gasteiger partial charge in [-0.15, -0.1) is 0 Å². The quantitative estimate of drug-likeness (QED) is 0.863. The van der Waals surface area contributed by atoms with Crippen LogP contribution in [0, 0.1) is 0 Å². The molecule has 0 radical (unpaired) electrons. The molecule has 0 bridgehead atoms. The van der Waals surface area contributed by atoms with Gasteiger partial charge in [-0.05, 0) is 12.1 Å². The van der Waals surface area contributed by atoms with Gasteiger partial charge in [0.1, 0.15) is 5.82 Å². The lowest BCUT2D eigenvalue weighted by atomic mass is 9.91. The minimum atomic E-state index is -0.527. The molecule has 0 spiro atoms. The minimum Gasteiger partial charge on any atom is -0.388 e. The van der Waals surface area contributed by atoms with Crippen molar-refractivity contribution in [1.29, 1.82) is 0 Å². The van der Waals surface area contributed by atoms with Crippen LogP contribution in [0.4, 0.5) is 5.82 Å². The number of β-amino-alcohol motifs (C(OH)–C–C–N with tert-alkyl or cyclic N) is 1. The Labute approximate surface area is 144 Å². The summed E-state index contributed by atoms with van der Waals surface area (Å²) in [5, 5.41) is 10.6. The molecule has 0 saturated carbocycles. The fourth-order valence-corrected chi connectivity index (χ4v) is 4.09. The molecule has 3 saturated heterocycles. The van der Waals surface area contributed by atoms with Gasteiger partial charge in [-0.3, -0.25) is 9.80 Å². The zero-order valence-electron chi connectivity index (χ0n) is 14.3. The second-order valence-electron chi connectivity index (χ2n) is 7.40. The van der Waals surface area contributed by atoms with Crippen LogP contribution in [0.3, 0.4) is 0 Å². The van der Waals surface area contributed by atoms with E-state index in [-0.39, 0.29) is 0 Å². The third-order valence-electron chi connectivity index (χ3n) is 5.68. The molecule has 0 unspecified atom stereocenters. The molecule has 3 fully saturated rings. The summed E-state index contributed by atoms with van der Waals surface area (Å²) in [6.07, 6.45) is 3.42. The van der Waals surface area contributed by atoms with Crippen LogP contribution in [0.25, 0.3) is 0 Å². The number of aromatic nitrogens is 1. The molecule has 0 atom stereocenters. The molecule has 1 aromatic heterocycles. The van der Waals surface area contributed by atoms with Gasteiger partial charge in [-0.25, -0.2) is 4.98 Å². The van der Waals surface area contributed by atoms with Gasteiger partial charge in [-0.1, -0.05) is 6.07 Å². The number of likely N-dealkylation sites (tertiary alicyclic amines) is 1. The van der Waals surface area contributed by atoms with Crippen molar-refractivity contribution in [2.45, 2.75) is 24.5 Å². The SMILES string of the molecule is OC1(CN2CC(N3CCN(c4ccccn4)CC3)C2)CCOCC1. The number of ether oxygens (including phenoxy) is 1. The van der Waals surface area contributed by atoms with Gasteiger partial charge >= 0.3 is 0 Å². The Morgan fingerprint density at radius 1 is 1.12 bits per heavy atom. The second-order valence-corrected chi connectivity index (χ2v) is 7.40. The van der Waals surface area contributed by atoms with Crippen molar-refractivity contribution in [3.63, 3.8) is 0 Å². The number of rotatable bonds is 4. The second kappa shape index (κ2) is 6.96. The third-order valence-corrected chi connectivity index (χ3v) is 5.68. The van der Waals surface area contributed by atoms with Crippen molar-refractivity contribution in [1.82, 2.24) is 14.8 Å². The maximum atomic E-state index is 10.6. The summed E-state index contributed by atoms with van der Waals surface area (Å²) in [6, 6.07) is 6.77. The third kappa shape index (κ3) is 3.57. The molecule has 4 rings (SSSR count). The molecule has 0 amide bonds. The van der Waals surface area contributed by atoms with Crippen molar-refractivity contribution in [3.05, 3.63) is 24.4 Å². The van der Waals surface area contributed by atoms with Crippen molar-refractivity contribution in [2.75, 3.05) is 63.9 Å². The lowest BCUT2D eigenvalue weighted by Crippen LogP contribution is -2.65. The number of hydrogen-bond donors (Lipinski definition) is 1. The summed E-state index contributed by atoms with van der Waals surface area (Å²) in [4.78, 5) is 11.8. The van der Waals surface area contributed by atoms with Crippen LogP contribution in [-0.4, -0.2) is 90.6 Å². The monoisotopic (exact) mass is 332 g/mol. The molecular weight excluding hydrogens is 304 g/mol. The van der Waals surface area contributed by atoms with Gasteiger partial charge in [0.25, 0.3) is 0 Å². The Balaban J connectivity index is 1.21. The normalized spacial score (nSPS) is 26.3. The highest BCUT2D eigenvalue weighted by atomic mass is 16.5. The first-order valence-electron chi connectivity index (χ1n) is 9.14. The highest BCUT2D eigenvalue weighted by Crippen LogP contribution is 2.26. The molecule has 0 aliphatic carbocycles. The maximum absolute atomic E-state index is 10.6. The molecule has 24 heavy (non-hydrogen) atoms. The van der Waals surface area contributed by atoms with E-state index in [1.807, 2.05) is 12.3 Å². The highest BCUT2D eigenvalue weighted by Gasteiger charge is 2.39. The molecule has 6 heteroatoms. The predicted molar refractivity (Wildman–Crippen MR) is 93.3 cm³/mol. The van der Waals surface area contributed by atoms with Crippen molar-refractivity contribution in [3.8, 4) is 0 Å². The first kappa shape index (κ1) is 16.3. The van der Waals surface area contributed by atoms with E-state index in [1.165, 1.54) is 0 Å². The van der Waals surface area contributed by atoms with E-state index in [0.29, 0.717) is 19.3 Å². The van der Waals surface area contributed by atoms with E-state index in [1.54, 1.807) is 0 Å². The van der Waals surface area contributed by atoms with Gasteiger partial charge in [-0.2, -0.15) is 0 Å². The van der Waals surface area contributed by atoms with E-state index < -0.39 is 5.60 Å². The zero-order valence-corrected chi connectivity index (χ0v) is 14.3. The molecule has 3 aliphatic heterocycles. The first-order valence-corrected chi connectivity index (χ1v) is 9.14. The molecular formula is C18H28N4O2. The van der Waals surface area contributed by atoms with Crippen LogP contribution in [0.1, 0.15) is 12.8 Å². The van der Waals surface area contributed by atoms with E-state index in [2.05, 4.69) is 31.8 Å². The summed E-state index contributed by atoms with van der Waals surface area (Å²) < 4.78 is 5.36. The van der Waals surface area contributed by atoms with Gasteiger partial charge in [0.05, 0.1) is 5.60 Å². The topological polar surface area (TPSA) is 52.1 Å². The molecule has 132 valence electrons. The predicted octanol–water partition coefficient (Wildman–Crippen LogP) is 0.429. The lowest BCUT2D eigenvalue weighted by Gasteiger charge is -2.50. The molecule has 0 aromatic carbocycles. The lowest BCUT2D eigenvalue weighted by molar-refractivity contribution is -0.0989. The Hall–Kier alpha value is -1.21. The number of hydrogen-bond acceptors (Lipinski definition) is 6. The van der Waals surface area contributed by atoms with E-state index in [0.717, 1.165) is 64.5 Å². The average molecular weight is 332 g/mol. The van der Waals surface area contributed by atoms with Gasteiger partial charge in [0.2, 0.25) is 0 Å². The van der Waals surface area contributed by atoms with Gasteiger partial charge in [0, 0.05) is 84.1 Å². The van der Waals surface area contributed by atoms with E-state index in [4.69, 9.17) is 4.74 Å². The van der Waals surface area contributed by atoms with Crippen LogP contribution < -0.4 is 4.90 Å². The van der Waals surface area contributed by atoms with E-state index >= 15 is 0 Å². The van der Waals surface area contributed by atoms with Gasteiger partial charge in [0.15, 0.2) is 0 Å². The Morgan fingerprint density at radius 2 is 1.88 bits per heavy atom. The Kier molecular flexibility index (Phi) is 4.72. The Bertz CT molecular complexity index is 521. The van der Waals surface area contributed by atoms with E-state index in [9.17, 15) is 5.11 Å². The molecule has 4 heterocycles. The maximum Gasteiger partial charge on any atom is 0.128 e. The molecule has 1 aromatic rings. The summed E-state index contributed by atoms with van der Waals surface area (Å²) in [7, 11) is 0. The van der Waals surface area contributed by atoms with Gasteiger partial charge < -0.3 is 14.7 Å². The summed E-state index contributed by atoms with van der Waals surface area (Å²) in [5.74, 6) is 1.09. The summed E-state index contributed by atoms with van der Waals surface area (Å²) >= 11 is 0. The first-order chi connectivity index (χ1) is 11.7. The number of anilines is 1. The van der Waals surface area contributed by atoms with Crippen LogP contribution in [0.15, 0.2) is 24.4 Å². The Morgan fingerprint density at radius 3 is 2.54 bits per heavy atom. The number of aliphatic hydroxyl groups is 1. The van der Waals surface area contributed by atoms with Crippen LogP contribution in [0.2, 0.25) is 0 Å². The molecule has 1 N–H and O–H groups in total. The molecule has 3 aliphatic rings. The van der Waals surface area contributed by atoms with Crippen LogP contribution in [0.5, 0.6) is 0 Å². The van der Waals surface area contributed by atoms with Crippen molar-refractivity contribution >= 4 is 5.82 Å². The minimum absolute atomic E-state index is 0.527. The molecule has 6 nitrogen and oxygen atoms in total. The van der Waals surface area contributed by atoms with Crippen molar-refractivity contribution < 1.29 is 9.84 Å². The largest absolute Gasteiger partial charge is 0.388 e. The zero-order chi connectivity index (χ0) is 16.4. The fourth-order valence-electron chi connectivity index (χ4n) is 4.09.